The van der Waals surface area contributed by atoms with Crippen molar-refractivity contribution < 1.29 is 0 Å². The normalized spacial score (nSPS) is 14.8. The zero-order valence-electron chi connectivity index (χ0n) is 23.6. The summed E-state index contributed by atoms with van der Waals surface area (Å²) in [4.78, 5) is 5.11. The molecule has 0 heterocycles. The molecule has 0 spiro atoms. The van der Waals surface area contributed by atoms with E-state index in [-0.39, 0.29) is 0 Å². The molecule has 0 N–H and O–H groups in total. The quantitative estimate of drug-likeness (QED) is 0.200. The van der Waals surface area contributed by atoms with E-state index in [1.54, 1.807) is 0 Å². The van der Waals surface area contributed by atoms with Crippen LogP contribution in [0.5, 0.6) is 0 Å². The van der Waals surface area contributed by atoms with Crippen LogP contribution in [-0.2, 0) is 0 Å². The lowest BCUT2D eigenvalue weighted by Gasteiger charge is -2.62. The van der Waals surface area contributed by atoms with Gasteiger partial charge in [0.2, 0.25) is 0 Å². The Balaban J connectivity index is 6.72. The molecule has 0 aliphatic heterocycles. The van der Waals surface area contributed by atoms with E-state index >= 15 is 0 Å². The topological polar surface area (TPSA) is 15.6 Å². The molecule has 0 rings (SSSR count). The molecule has 0 bridgehead atoms. The molecule has 180 valence electrons. The zero-order valence-corrected chi connectivity index (χ0v) is 25.6. The van der Waals surface area contributed by atoms with Gasteiger partial charge in [-0.3, -0.25) is 4.99 Å². The van der Waals surface area contributed by atoms with Gasteiger partial charge < -0.3 is 4.23 Å². The Morgan fingerprint density at radius 3 is 1.13 bits per heavy atom. The SMILES string of the molecule is CC(CC(C)C)=NCCN([Si](C(C)C)(C(C)C)C(C)C)[Si](C(C)C)(C(C)C)C(C)C. The molecule has 0 atom stereocenters. The third kappa shape index (κ3) is 6.10. The number of aliphatic imine (C=N–C) groups is 1. The molecule has 0 aromatic rings. The van der Waals surface area contributed by atoms with Crippen molar-refractivity contribution in [1.82, 2.24) is 4.23 Å². The summed E-state index contributed by atoms with van der Waals surface area (Å²) in [7, 11) is -3.52. The van der Waals surface area contributed by atoms with E-state index in [2.05, 4.69) is 108 Å². The maximum Gasteiger partial charge on any atom is 0.129 e. The third-order valence-corrected chi connectivity index (χ3v) is 23.6. The maximum atomic E-state index is 5.11. The molecule has 0 unspecified atom stereocenters. The predicted molar refractivity (Wildman–Crippen MR) is 146 cm³/mol. The Labute approximate surface area is 193 Å². The predicted octanol–water partition coefficient (Wildman–Crippen LogP) is 9.15. The van der Waals surface area contributed by atoms with Crippen molar-refractivity contribution in [3.05, 3.63) is 0 Å². The van der Waals surface area contributed by atoms with Crippen molar-refractivity contribution in [3.8, 4) is 0 Å². The fourth-order valence-corrected chi connectivity index (χ4v) is 27.6. The van der Waals surface area contributed by atoms with Crippen LogP contribution in [0.1, 0.15) is 110 Å². The van der Waals surface area contributed by atoms with Gasteiger partial charge in [-0.15, -0.1) is 0 Å². The van der Waals surface area contributed by atoms with Crippen molar-refractivity contribution in [2.45, 2.75) is 144 Å². The molecule has 0 amide bonds. The van der Waals surface area contributed by atoms with Gasteiger partial charge in [-0.25, -0.2) is 0 Å². The van der Waals surface area contributed by atoms with E-state index in [9.17, 15) is 0 Å². The van der Waals surface area contributed by atoms with Crippen LogP contribution in [0, 0.1) is 5.92 Å². The monoisotopic (exact) mass is 454 g/mol. The number of nitrogens with zero attached hydrogens (tertiary/aromatic N) is 2. The van der Waals surface area contributed by atoms with Gasteiger partial charge in [0.15, 0.2) is 0 Å². The molecule has 2 nitrogen and oxygen atoms in total. The summed E-state index contributed by atoms with van der Waals surface area (Å²) in [5.74, 6) is 0.691. The van der Waals surface area contributed by atoms with Gasteiger partial charge in [-0.1, -0.05) is 96.9 Å². The van der Waals surface area contributed by atoms with E-state index in [1.807, 2.05) is 0 Å². The first-order valence-corrected chi connectivity index (χ1v) is 17.2. The van der Waals surface area contributed by atoms with Crippen molar-refractivity contribution in [3.63, 3.8) is 0 Å². The van der Waals surface area contributed by atoms with Crippen molar-refractivity contribution in [2.24, 2.45) is 10.9 Å². The molecule has 0 aliphatic carbocycles. The van der Waals surface area contributed by atoms with E-state index < -0.39 is 16.5 Å². The Morgan fingerprint density at radius 2 is 0.900 bits per heavy atom. The molecule has 4 heteroatoms. The van der Waals surface area contributed by atoms with Gasteiger partial charge in [0.05, 0.1) is 6.54 Å². The number of rotatable bonds is 13. The lowest BCUT2D eigenvalue weighted by atomic mass is 10.1. The summed E-state index contributed by atoms with van der Waals surface area (Å²) < 4.78 is 3.26. The minimum Gasteiger partial charge on any atom is -0.342 e. The lowest BCUT2D eigenvalue weighted by Crippen LogP contribution is -2.74. The first kappa shape index (κ1) is 30.1. The van der Waals surface area contributed by atoms with Gasteiger partial charge >= 0.3 is 0 Å². The summed E-state index contributed by atoms with van der Waals surface area (Å²) in [6.07, 6.45) is 1.13. The zero-order chi connectivity index (χ0) is 24.0. The molecule has 0 radical (unpaired) electrons. The second-order valence-corrected chi connectivity index (χ2v) is 24.1. The van der Waals surface area contributed by atoms with E-state index in [1.165, 1.54) is 5.71 Å². The number of hydrogen-bond donors (Lipinski definition) is 0. The highest BCUT2D eigenvalue weighted by Crippen LogP contribution is 2.53. The van der Waals surface area contributed by atoms with Gasteiger partial charge in [0.1, 0.15) is 16.5 Å². The second-order valence-electron chi connectivity index (χ2n) is 12.1. The minimum atomic E-state index is -1.76. The van der Waals surface area contributed by atoms with Gasteiger partial charge in [-0.05, 0) is 52.5 Å². The molecule has 0 aliphatic rings. The second kappa shape index (κ2) is 12.3. The highest BCUT2D eigenvalue weighted by molar-refractivity contribution is 6.96. The lowest BCUT2D eigenvalue weighted by molar-refractivity contribution is 0.504. The van der Waals surface area contributed by atoms with Crippen LogP contribution in [-0.4, -0.2) is 39.5 Å². The molecule has 0 saturated carbocycles. The highest BCUT2D eigenvalue weighted by Gasteiger charge is 2.58. The Kier molecular flexibility index (Phi) is 12.4. The Bertz CT molecular complexity index is 444. The maximum absolute atomic E-state index is 5.11. The number of hydrogen-bond acceptors (Lipinski definition) is 2. The average molecular weight is 455 g/mol. The third-order valence-electron chi connectivity index (χ3n) is 7.89. The average Bonchev–Trinajstić information content (AvgIpc) is 2.52. The van der Waals surface area contributed by atoms with Gasteiger partial charge in [0, 0.05) is 12.3 Å². The van der Waals surface area contributed by atoms with Gasteiger partial charge in [0.25, 0.3) is 0 Å². The van der Waals surface area contributed by atoms with E-state index in [4.69, 9.17) is 4.99 Å². The Hall–Kier alpha value is 0.0638. The summed E-state index contributed by atoms with van der Waals surface area (Å²) in [5, 5.41) is 0. The van der Waals surface area contributed by atoms with Crippen molar-refractivity contribution in [2.75, 3.05) is 13.1 Å². The standard InChI is InChI=1S/C26H58N2Si2/c1-19(2)18-26(15)27-16-17-28(29(20(3)4,21(5)6)22(7)8)30(23(9)10,24(11)12)25(13)14/h19-25H,16-18H2,1-15H3. The van der Waals surface area contributed by atoms with Crippen LogP contribution < -0.4 is 0 Å². The molecule has 0 fully saturated rings. The van der Waals surface area contributed by atoms with E-state index in [0.29, 0.717) is 5.92 Å². The molecule has 0 aromatic heterocycles. The van der Waals surface area contributed by atoms with Crippen molar-refractivity contribution >= 4 is 22.2 Å². The molecule has 30 heavy (non-hydrogen) atoms. The van der Waals surface area contributed by atoms with Crippen LogP contribution >= 0.6 is 0 Å². The fraction of sp³-hybridized carbons (Fsp3) is 0.962. The smallest absolute Gasteiger partial charge is 0.129 e. The largest absolute Gasteiger partial charge is 0.342 e. The van der Waals surface area contributed by atoms with Crippen molar-refractivity contribution in [1.29, 1.82) is 0 Å². The van der Waals surface area contributed by atoms with E-state index in [0.717, 1.165) is 52.8 Å². The molecule has 0 saturated heterocycles. The van der Waals surface area contributed by atoms with Crippen LogP contribution in [0.25, 0.3) is 0 Å². The summed E-state index contributed by atoms with van der Waals surface area (Å²) in [6, 6.07) is 0. The first-order chi connectivity index (χ1) is 13.6. The molecule has 0 aromatic carbocycles. The van der Waals surface area contributed by atoms with Crippen LogP contribution in [0.15, 0.2) is 4.99 Å². The van der Waals surface area contributed by atoms with Gasteiger partial charge in [-0.2, -0.15) is 0 Å². The summed E-state index contributed by atoms with van der Waals surface area (Å²) in [6.45, 7) is 39.4. The first-order valence-electron chi connectivity index (χ1n) is 12.9. The fourth-order valence-electron chi connectivity index (χ4n) is 7.59. The minimum absolute atomic E-state index is 0.691. The highest BCUT2D eigenvalue weighted by atomic mass is 28.4. The van der Waals surface area contributed by atoms with Crippen LogP contribution in [0.4, 0.5) is 0 Å². The summed E-state index contributed by atoms with van der Waals surface area (Å²) >= 11 is 0. The Morgan fingerprint density at radius 1 is 0.600 bits per heavy atom. The molecular weight excluding hydrogens is 396 g/mol. The van der Waals surface area contributed by atoms with Crippen LogP contribution in [0.2, 0.25) is 33.2 Å². The molecular formula is C26H58N2Si2. The summed E-state index contributed by atoms with van der Waals surface area (Å²) in [5.41, 5.74) is 5.84. The van der Waals surface area contributed by atoms with Crippen LogP contribution in [0.3, 0.4) is 0 Å².